The molecule has 0 aliphatic rings. The fraction of sp³-hybridized carbons (Fsp3) is 0.200. The van der Waals surface area contributed by atoms with Gasteiger partial charge in [0.15, 0.2) is 5.75 Å². The standard InChI is InChI=1S/C20H19ClN2O4/c1-11-8-15(21)23-17(11)19(26)18-20(12(2)14(22-18)9-16(24)25)27-10-13-6-4-3-5-7-13/h3-8,22-23H,9-10H2,1-2H3,(H,24,25). The number of aliphatic carboxylic acids is 1. The van der Waals surface area contributed by atoms with E-state index in [1.54, 1.807) is 19.9 Å². The minimum atomic E-state index is -0.993. The third kappa shape index (κ3) is 4.06. The zero-order valence-electron chi connectivity index (χ0n) is 14.9. The first-order valence-electron chi connectivity index (χ1n) is 8.36. The number of halogens is 1. The van der Waals surface area contributed by atoms with Crippen molar-refractivity contribution in [1.29, 1.82) is 0 Å². The fourth-order valence-corrected chi connectivity index (χ4v) is 3.16. The monoisotopic (exact) mass is 386 g/mol. The van der Waals surface area contributed by atoms with Gasteiger partial charge in [-0.15, -0.1) is 0 Å². The summed E-state index contributed by atoms with van der Waals surface area (Å²) in [4.78, 5) is 29.9. The first kappa shape index (κ1) is 18.8. The second-order valence-corrected chi connectivity index (χ2v) is 6.69. The molecule has 0 saturated carbocycles. The molecule has 0 atom stereocenters. The summed E-state index contributed by atoms with van der Waals surface area (Å²) >= 11 is 5.96. The molecule has 1 aromatic carbocycles. The van der Waals surface area contributed by atoms with Gasteiger partial charge in [-0.3, -0.25) is 9.59 Å². The van der Waals surface area contributed by atoms with Crippen LogP contribution < -0.4 is 4.74 Å². The van der Waals surface area contributed by atoms with Crippen LogP contribution in [0.2, 0.25) is 5.15 Å². The second kappa shape index (κ2) is 7.72. The molecule has 6 nitrogen and oxygen atoms in total. The van der Waals surface area contributed by atoms with Crippen molar-refractivity contribution in [2.75, 3.05) is 0 Å². The van der Waals surface area contributed by atoms with Gasteiger partial charge in [0.2, 0.25) is 5.78 Å². The van der Waals surface area contributed by atoms with E-state index in [2.05, 4.69) is 9.97 Å². The lowest BCUT2D eigenvalue weighted by Gasteiger charge is -2.08. The Balaban J connectivity index is 1.99. The Hall–Kier alpha value is -2.99. The molecule has 7 heteroatoms. The first-order valence-corrected chi connectivity index (χ1v) is 8.74. The molecular formula is C20H19ClN2O4. The molecule has 2 aromatic heterocycles. The predicted octanol–water partition coefficient (Wildman–Crippen LogP) is 4.05. The van der Waals surface area contributed by atoms with Crippen molar-refractivity contribution >= 4 is 23.4 Å². The number of carbonyl (C=O) groups excluding carboxylic acids is 1. The van der Waals surface area contributed by atoms with Crippen molar-refractivity contribution < 1.29 is 19.4 Å². The number of ether oxygens (including phenoxy) is 1. The van der Waals surface area contributed by atoms with E-state index in [1.165, 1.54) is 0 Å². The Bertz CT molecular complexity index is 989. The molecule has 0 amide bonds. The summed E-state index contributed by atoms with van der Waals surface area (Å²) in [6.07, 6.45) is -0.231. The lowest BCUT2D eigenvalue weighted by molar-refractivity contribution is -0.136. The second-order valence-electron chi connectivity index (χ2n) is 6.28. The summed E-state index contributed by atoms with van der Waals surface area (Å²) in [5, 5.41) is 9.49. The molecule has 0 bridgehead atoms. The largest absolute Gasteiger partial charge is 0.486 e. The first-order chi connectivity index (χ1) is 12.9. The zero-order valence-corrected chi connectivity index (χ0v) is 15.7. The molecule has 0 unspecified atom stereocenters. The molecule has 0 fully saturated rings. The third-order valence-electron chi connectivity index (χ3n) is 4.29. The average Bonchev–Trinajstić information content (AvgIpc) is 3.12. The topological polar surface area (TPSA) is 95.2 Å². The molecule has 0 aliphatic heterocycles. The number of ketones is 1. The van der Waals surface area contributed by atoms with Gasteiger partial charge in [-0.05, 0) is 31.0 Å². The van der Waals surface area contributed by atoms with Gasteiger partial charge in [0, 0.05) is 11.3 Å². The normalized spacial score (nSPS) is 10.8. The van der Waals surface area contributed by atoms with Gasteiger partial charge in [0.05, 0.1) is 12.1 Å². The molecule has 3 rings (SSSR count). The fourth-order valence-electron chi connectivity index (χ4n) is 2.90. The maximum absolute atomic E-state index is 13.0. The summed E-state index contributed by atoms with van der Waals surface area (Å²) in [6, 6.07) is 11.2. The van der Waals surface area contributed by atoms with E-state index in [0.29, 0.717) is 33.4 Å². The van der Waals surface area contributed by atoms with Gasteiger partial charge in [-0.1, -0.05) is 41.9 Å². The third-order valence-corrected chi connectivity index (χ3v) is 4.49. The molecule has 140 valence electrons. The van der Waals surface area contributed by atoms with E-state index in [-0.39, 0.29) is 24.5 Å². The quantitative estimate of drug-likeness (QED) is 0.534. The molecule has 2 heterocycles. The zero-order chi connectivity index (χ0) is 19.6. The molecule has 27 heavy (non-hydrogen) atoms. The molecule has 0 radical (unpaired) electrons. The number of hydrogen-bond acceptors (Lipinski definition) is 3. The van der Waals surface area contributed by atoms with E-state index >= 15 is 0 Å². The smallest absolute Gasteiger partial charge is 0.309 e. The van der Waals surface area contributed by atoms with Crippen molar-refractivity contribution in [2.24, 2.45) is 0 Å². The Morgan fingerprint density at radius 1 is 1.11 bits per heavy atom. The number of carboxylic acids is 1. The lowest BCUT2D eigenvalue weighted by Crippen LogP contribution is -2.08. The van der Waals surface area contributed by atoms with Crippen LogP contribution in [-0.4, -0.2) is 26.8 Å². The number of aryl methyl sites for hydroxylation is 1. The highest BCUT2D eigenvalue weighted by atomic mass is 35.5. The van der Waals surface area contributed by atoms with Crippen molar-refractivity contribution in [3.05, 3.63) is 75.3 Å². The van der Waals surface area contributed by atoms with Gasteiger partial charge in [0.25, 0.3) is 0 Å². The minimum Gasteiger partial charge on any atom is -0.486 e. The number of H-pyrrole nitrogens is 2. The summed E-state index contributed by atoms with van der Waals surface area (Å²) in [5.74, 6) is -0.973. The SMILES string of the molecule is Cc1cc(Cl)[nH]c1C(=O)c1[nH]c(CC(=O)O)c(C)c1OCc1ccccc1. The summed E-state index contributed by atoms with van der Waals surface area (Å²) < 4.78 is 5.91. The number of nitrogens with one attached hydrogen (secondary N) is 2. The van der Waals surface area contributed by atoms with Crippen LogP contribution in [0.15, 0.2) is 36.4 Å². The van der Waals surface area contributed by atoms with Gasteiger partial charge in [-0.2, -0.15) is 0 Å². The van der Waals surface area contributed by atoms with Crippen molar-refractivity contribution in [1.82, 2.24) is 9.97 Å². The molecule has 0 spiro atoms. The number of carboxylic acid groups (broad SMARTS) is 1. The molecule has 3 N–H and O–H groups in total. The summed E-state index contributed by atoms with van der Waals surface area (Å²) in [6.45, 7) is 3.77. The van der Waals surface area contributed by atoms with Crippen LogP contribution in [0.3, 0.4) is 0 Å². The molecule has 0 aliphatic carbocycles. The molecule has 0 saturated heterocycles. The Labute approximate surface area is 161 Å². The average molecular weight is 387 g/mol. The van der Waals surface area contributed by atoms with E-state index in [0.717, 1.165) is 5.56 Å². The Morgan fingerprint density at radius 2 is 1.81 bits per heavy atom. The van der Waals surface area contributed by atoms with Gasteiger partial charge in [0.1, 0.15) is 17.5 Å². The Kier molecular flexibility index (Phi) is 5.37. The highest BCUT2D eigenvalue weighted by Gasteiger charge is 2.25. The van der Waals surface area contributed by atoms with Crippen molar-refractivity contribution in [3.8, 4) is 5.75 Å². The number of carbonyl (C=O) groups is 2. The van der Waals surface area contributed by atoms with E-state index in [9.17, 15) is 9.59 Å². The van der Waals surface area contributed by atoms with Gasteiger partial charge >= 0.3 is 5.97 Å². The van der Waals surface area contributed by atoms with Crippen LogP contribution in [0.25, 0.3) is 0 Å². The van der Waals surface area contributed by atoms with Crippen molar-refractivity contribution in [3.63, 3.8) is 0 Å². The lowest BCUT2D eigenvalue weighted by atomic mass is 10.1. The van der Waals surface area contributed by atoms with Crippen LogP contribution >= 0.6 is 11.6 Å². The minimum absolute atomic E-state index is 0.210. The van der Waals surface area contributed by atoms with E-state index in [1.807, 2.05) is 30.3 Å². The number of aromatic amines is 2. The van der Waals surface area contributed by atoms with Crippen LogP contribution in [0.4, 0.5) is 0 Å². The Morgan fingerprint density at radius 3 is 2.41 bits per heavy atom. The highest BCUT2D eigenvalue weighted by Crippen LogP contribution is 2.31. The number of rotatable bonds is 7. The predicted molar refractivity (Wildman–Crippen MR) is 102 cm³/mol. The van der Waals surface area contributed by atoms with Crippen LogP contribution in [0.5, 0.6) is 5.75 Å². The molecular weight excluding hydrogens is 368 g/mol. The van der Waals surface area contributed by atoms with E-state index < -0.39 is 5.97 Å². The molecule has 3 aromatic rings. The van der Waals surface area contributed by atoms with Crippen LogP contribution in [-0.2, 0) is 17.8 Å². The number of benzene rings is 1. The maximum atomic E-state index is 13.0. The number of hydrogen-bond donors (Lipinski definition) is 3. The highest BCUT2D eigenvalue weighted by molar-refractivity contribution is 6.30. The van der Waals surface area contributed by atoms with Gasteiger partial charge < -0.3 is 19.8 Å². The summed E-state index contributed by atoms with van der Waals surface area (Å²) in [5.41, 5.74) is 3.23. The van der Waals surface area contributed by atoms with Crippen LogP contribution in [0.1, 0.15) is 38.6 Å². The number of aromatic nitrogens is 2. The van der Waals surface area contributed by atoms with E-state index in [4.69, 9.17) is 21.4 Å². The maximum Gasteiger partial charge on any atom is 0.309 e. The van der Waals surface area contributed by atoms with Crippen molar-refractivity contribution in [2.45, 2.75) is 26.9 Å². The van der Waals surface area contributed by atoms with Crippen LogP contribution in [0, 0.1) is 13.8 Å². The summed E-state index contributed by atoms with van der Waals surface area (Å²) in [7, 11) is 0. The van der Waals surface area contributed by atoms with Gasteiger partial charge in [-0.25, -0.2) is 0 Å².